The van der Waals surface area contributed by atoms with E-state index in [0.29, 0.717) is 16.5 Å². The van der Waals surface area contributed by atoms with Crippen molar-refractivity contribution in [1.82, 2.24) is 4.72 Å². The number of para-hydroxylation sites is 2. The second-order valence-corrected chi connectivity index (χ2v) is 7.40. The maximum atomic E-state index is 12.3. The number of ether oxygens (including phenoxy) is 1. The molecule has 0 unspecified atom stereocenters. The van der Waals surface area contributed by atoms with Gasteiger partial charge in [-0.15, -0.1) is 0 Å². The quantitative estimate of drug-likeness (QED) is 0.798. The average molecular weight is 383 g/mol. The number of rotatable bonds is 7. The van der Waals surface area contributed by atoms with Crippen molar-refractivity contribution in [3.63, 3.8) is 0 Å². The number of sulfonamides is 1. The highest BCUT2D eigenvalue weighted by Crippen LogP contribution is 2.27. The smallest absolute Gasteiger partial charge is 0.240 e. The van der Waals surface area contributed by atoms with Gasteiger partial charge in [-0.25, -0.2) is 13.1 Å². The fraction of sp³-hybridized carbons (Fsp3) is 0.235. The third-order valence-electron chi connectivity index (χ3n) is 3.51. The van der Waals surface area contributed by atoms with Gasteiger partial charge in [0.15, 0.2) is 0 Å². The molecule has 0 radical (unpaired) electrons. The number of halogens is 1. The molecule has 0 aliphatic rings. The Morgan fingerprint density at radius 1 is 1.16 bits per heavy atom. The van der Waals surface area contributed by atoms with Crippen LogP contribution in [0.4, 0.5) is 5.69 Å². The van der Waals surface area contributed by atoms with E-state index in [1.807, 2.05) is 0 Å². The third-order valence-corrected chi connectivity index (χ3v) is 5.24. The summed E-state index contributed by atoms with van der Waals surface area (Å²) in [6.45, 7) is 1.64. The van der Waals surface area contributed by atoms with Crippen LogP contribution in [0.25, 0.3) is 0 Å². The van der Waals surface area contributed by atoms with E-state index in [-0.39, 0.29) is 23.9 Å². The number of carbonyl (C=O) groups excluding carboxylic acids is 1. The van der Waals surface area contributed by atoms with Gasteiger partial charge in [0.05, 0.1) is 17.7 Å². The van der Waals surface area contributed by atoms with Crippen LogP contribution in [0.3, 0.4) is 0 Å². The molecule has 0 bridgehead atoms. The minimum absolute atomic E-state index is 0.0581. The van der Waals surface area contributed by atoms with Crippen molar-refractivity contribution in [1.29, 1.82) is 0 Å². The second-order valence-electron chi connectivity index (χ2n) is 5.19. The fourth-order valence-corrected chi connectivity index (χ4v) is 3.44. The van der Waals surface area contributed by atoms with Crippen molar-refractivity contribution in [3.8, 4) is 5.75 Å². The van der Waals surface area contributed by atoms with Gasteiger partial charge in [-0.05, 0) is 36.4 Å². The lowest BCUT2D eigenvalue weighted by Gasteiger charge is -2.23. The molecule has 0 aliphatic heterocycles. The topological polar surface area (TPSA) is 75.7 Å². The molecule has 0 aliphatic carbocycles. The number of carbonyl (C=O) groups is 1. The maximum Gasteiger partial charge on any atom is 0.240 e. The SMILES string of the molecule is COc1ccccc1N(CCNS(=O)(=O)c1ccc(Cl)cc1)C(C)=O. The first kappa shape index (κ1) is 19.2. The van der Waals surface area contributed by atoms with Gasteiger partial charge >= 0.3 is 0 Å². The van der Waals surface area contributed by atoms with E-state index in [9.17, 15) is 13.2 Å². The highest BCUT2D eigenvalue weighted by Gasteiger charge is 2.18. The molecule has 2 rings (SSSR count). The summed E-state index contributed by atoms with van der Waals surface area (Å²) in [6, 6.07) is 12.9. The van der Waals surface area contributed by atoms with Gasteiger partial charge in [0.2, 0.25) is 15.9 Å². The van der Waals surface area contributed by atoms with Crippen LogP contribution in [0.15, 0.2) is 53.4 Å². The lowest BCUT2D eigenvalue weighted by Crippen LogP contribution is -2.37. The summed E-state index contributed by atoms with van der Waals surface area (Å²) in [4.78, 5) is 13.5. The summed E-state index contributed by atoms with van der Waals surface area (Å²) in [5, 5.41) is 0.456. The van der Waals surface area contributed by atoms with E-state index in [1.165, 1.54) is 43.2 Å². The number of nitrogens with one attached hydrogen (secondary N) is 1. The fourth-order valence-electron chi connectivity index (χ4n) is 2.29. The van der Waals surface area contributed by atoms with E-state index in [4.69, 9.17) is 16.3 Å². The number of hydrogen-bond acceptors (Lipinski definition) is 4. The van der Waals surface area contributed by atoms with E-state index in [2.05, 4.69) is 4.72 Å². The largest absolute Gasteiger partial charge is 0.495 e. The molecule has 134 valence electrons. The van der Waals surface area contributed by atoms with Crippen LogP contribution in [0, 0.1) is 0 Å². The van der Waals surface area contributed by atoms with E-state index in [1.54, 1.807) is 24.3 Å². The molecule has 0 aromatic heterocycles. The maximum absolute atomic E-state index is 12.3. The molecule has 0 heterocycles. The number of anilines is 1. The molecular weight excluding hydrogens is 364 g/mol. The van der Waals surface area contributed by atoms with Crippen molar-refractivity contribution < 1.29 is 17.9 Å². The monoisotopic (exact) mass is 382 g/mol. The summed E-state index contributed by atoms with van der Waals surface area (Å²) >= 11 is 5.77. The first-order valence-electron chi connectivity index (χ1n) is 7.51. The molecule has 0 atom stereocenters. The molecule has 2 aromatic carbocycles. The summed E-state index contributed by atoms with van der Waals surface area (Å²) in [5.41, 5.74) is 0.586. The molecular formula is C17H19ClN2O4S. The Morgan fingerprint density at radius 3 is 2.40 bits per heavy atom. The molecule has 6 nitrogen and oxygen atoms in total. The van der Waals surface area contributed by atoms with Crippen LogP contribution in [-0.4, -0.2) is 34.5 Å². The third kappa shape index (κ3) is 4.94. The normalized spacial score (nSPS) is 11.2. The highest BCUT2D eigenvalue weighted by atomic mass is 35.5. The van der Waals surface area contributed by atoms with Gasteiger partial charge in [0.1, 0.15) is 5.75 Å². The summed E-state index contributed by atoms with van der Waals surface area (Å²) in [7, 11) is -2.16. The van der Waals surface area contributed by atoms with Gasteiger partial charge in [0, 0.05) is 25.0 Å². The lowest BCUT2D eigenvalue weighted by molar-refractivity contribution is -0.116. The van der Waals surface area contributed by atoms with Crippen LogP contribution < -0.4 is 14.4 Å². The molecule has 0 saturated carbocycles. The first-order valence-corrected chi connectivity index (χ1v) is 9.37. The highest BCUT2D eigenvalue weighted by molar-refractivity contribution is 7.89. The molecule has 0 fully saturated rings. The Bertz CT molecular complexity index is 838. The Morgan fingerprint density at radius 2 is 1.80 bits per heavy atom. The van der Waals surface area contributed by atoms with E-state index < -0.39 is 10.0 Å². The van der Waals surface area contributed by atoms with Gasteiger partial charge in [-0.3, -0.25) is 4.79 Å². The molecule has 2 aromatic rings. The van der Waals surface area contributed by atoms with Gasteiger partial charge < -0.3 is 9.64 Å². The van der Waals surface area contributed by atoms with Gasteiger partial charge in [-0.1, -0.05) is 23.7 Å². The van der Waals surface area contributed by atoms with Crippen molar-refractivity contribution in [3.05, 3.63) is 53.6 Å². The van der Waals surface area contributed by atoms with Crippen molar-refractivity contribution in [2.75, 3.05) is 25.1 Å². The van der Waals surface area contributed by atoms with E-state index >= 15 is 0 Å². The van der Waals surface area contributed by atoms with Crippen LogP contribution in [0.1, 0.15) is 6.92 Å². The van der Waals surface area contributed by atoms with Crippen molar-refractivity contribution in [2.24, 2.45) is 0 Å². The van der Waals surface area contributed by atoms with Crippen molar-refractivity contribution in [2.45, 2.75) is 11.8 Å². The number of hydrogen-bond donors (Lipinski definition) is 1. The summed E-state index contributed by atoms with van der Waals surface area (Å²) < 4.78 is 32.3. The minimum Gasteiger partial charge on any atom is -0.495 e. The molecule has 25 heavy (non-hydrogen) atoms. The average Bonchev–Trinajstić information content (AvgIpc) is 2.59. The number of methoxy groups -OCH3 is 1. The molecule has 0 spiro atoms. The second kappa shape index (κ2) is 8.33. The predicted octanol–water partition coefficient (Wildman–Crippen LogP) is 2.68. The Hall–Kier alpha value is -2.09. The Labute approximate surface area is 152 Å². The van der Waals surface area contributed by atoms with Crippen LogP contribution >= 0.6 is 11.6 Å². The van der Waals surface area contributed by atoms with Gasteiger partial charge in [0.25, 0.3) is 0 Å². The molecule has 8 heteroatoms. The zero-order valence-corrected chi connectivity index (χ0v) is 15.5. The van der Waals surface area contributed by atoms with Crippen LogP contribution in [0.2, 0.25) is 5.02 Å². The van der Waals surface area contributed by atoms with Crippen LogP contribution in [0.5, 0.6) is 5.75 Å². The first-order chi connectivity index (χ1) is 11.8. The molecule has 1 amide bonds. The zero-order valence-electron chi connectivity index (χ0n) is 13.9. The number of nitrogens with zero attached hydrogens (tertiary/aromatic N) is 1. The Balaban J connectivity index is 2.09. The predicted molar refractivity (Wildman–Crippen MR) is 97.7 cm³/mol. The van der Waals surface area contributed by atoms with Gasteiger partial charge in [-0.2, -0.15) is 0 Å². The standard InChI is InChI=1S/C17H19ClN2O4S/c1-13(21)20(16-5-3-4-6-17(16)24-2)12-11-19-25(22,23)15-9-7-14(18)8-10-15/h3-10,19H,11-12H2,1-2H3. The lowest BCUT2D eigenvalue weighted by atomic mass is 10.2. The molecule has 1 N–H and O–H groups in total. The molecule has 0 saturated heterocycles. The number of benzene rings is 2. The number of amides is 1. The van der Waals surface area contributed by atoms with Crippen LogP contribution in [-0.2, 0) is 14.8 Å². The summed E-state index contributed by atoms with van der Waals surface area (Å²) in [5.74, 6) is 0.327. The van der Waals surface area contributed by atoms with E-state index in [0.717, 1.165) is 0 Å². The zero-order chi connectivity index (χ0) is 18.4. The summed E-state index contributed by atoms with van der Waals surface area (Å²) in [6.07, 6.45) is 0. The Kier molecular flexibility index (Phi) is 6.41. The van der Waals surface area contributed by atoms with Crippen molar-refractivity contribution >= 4 is 33.2 Å². The minimum atomic E-state index is -3.67.